The van der Waals surface area contributed by atoms with Crippen LogP contribution >= 0.6 is 0 Å². The average molecular weight is 289 g/mol. The number of carboxylic acid groups (broad SMARTS) is 1. The van der Waals surface area contributed by atoms with Crippen LogP contribution in [0.5, 0.6) is 0 Å². The van der Waals surface area contributed by atoms with E-state index in [0.717, 1.165) is 37.0 Å². The Morgan fingerprint density at radius 2 is 2.00 bits per heavy atom. The molecule has 0 unspecified atom stereocenters. The van der Waals surface area contributed by atoms with Crippen LogP contribution in [0.2, 0.25) is 0 Å². The first-order valence-electron chi connectivity index (χ1n) is 7.64. The fourth-order valence-electron chi connectivity index (χ4n) is 2.97. The minimum Gasteiger partial charge on any atom is -0.481 e. The molecule has 1 aliphatic rings. The zero-order valence-corrected chi connectivity index (χ0v) is 12.5. The van der Waals surface area contributed by atoms with E-state index in [1.165, 1.54) is 18.4 Å². The van der Waals surface area contributed by atoms with Gasteiger partial charge in [-0.3, -0.25) is 4.79 Å². The molecule has 0 aromatic heterocycles. The van der Waals surface area contributed by atoms with Crippen molar-refractivity contribution < 1.29 is 15.1 Å². The predicted octanol–water partition coefficient (Wildman–Crippen LogP) is 3.83. The number of oxime groups is 1. The molecule has 21 heavy (non-hydrogen) atoms. The number of benzene rings is 1. The van der Waals surface area contributed by atoms with Gasteiger partial charge in [0.05, 0.1) is 11.6 Å². The van der Waals surface area contributed by atoms with Crippen LogP contribution < -0.4 is 0 Å². The van der Waals surface area contributed by atoms with Crippen molar-refractivity contribution in [2.75, 3.05) is 0 Å². The summed E-state index contributed by atoms with van der Waals surface area (Å²) in [6.45, 7) is 1.69. The van der Waals surface area contributed by atoms with Gasteiger partial charge in [0.15, 0.2) is 0 Å². The molecule has 0 amide bonds. The SMILES string of the molecule is C[C@@H](C(=O)O)c1ccc(C[C@@H]2CCCCC/C2=N/O)cc1. The Labute approximate surface area is 125 Å². The van der Waals surface area contributed by atoms with Crippen molar-refractivity contribution in [3.8, 4) is 0 Å². The van der Waals surface area contributed by atoms with Crippen LogP contribution in [0.4, 0.5) is 0 Å². The van der Waals surface area contributed by atoms with Crippen LogP contribution in [0.3, 0.4) is 0 Å². The molecule has 0 spiro atoms. The lowest BCUT2D eigenvalue weighted by molar-refractivity contribution is -0.138. The molecular formula is C17H23NO3. The first-order chi connectivity index (χ1) is 10.1. The van der Waals surface area contributed by atoms with E-state index in [-0.39, 0.29) is 0 Å². The molecule has 1 aromatic rings. The summed E-state index contributed by atoms with van der Waals surface area (Å²) in [6, 6.07) is 7.77. The van der Waals surface area contributed by atoms with Crippen molar-refractivity contribution in [2.45, 2.75) is 51.4 Å². The summed E-state index contributed by atoms with van der Waals surface area (Å²) in [5.74, 6) is -0.979. The molecule has 0 heterocycles. The number of hydrogen-bond donors (Lipinski definition) is 2. The van der Waals surface area contributed by atoms with Crippen molar-refractivity contribution in [3.05, 3.63) is 35.4 Å². The molecule has 2 rings (SSSR count). The summed E-state index contributed by atoms with van der Waals surface area (Å²) in [7, 11) is 0. The van der Waals surface area contributed by atoms with Crippen molar-refractivity contribution in [3.63, 3.8) is 0 Å². The lowest BCUT2D eigenvalue weighted by atomic mass is 9.90. The van der Waals surface area contributed by atoms with Crippen LogP contribution in [0.15, 0.2) is 29.4 Å². The molecule has 0 radical (unpaired) electrons. The van der Waals surface area contributed by atoms with Crippen molar-refractivity contribution in [2.24, 2.45) is 11.1 Å². The Morgan fingerprint density at radius 1 is 1.29 bits per heavy atom. The Balaban J connectivity index is 2.07. The highest BCUT2D eigenvalue weighted by atomic mass is 16.4. The normalized spacial score (nSPS) is 22.7. The Kier molecular flexibility index (Phi) is 5.37. The summed E-state index contributed by atoms with van der Waals surface area (Å²) >= 11 is 0. The minimum absolute atomic E-state index is 0.306. The van der Waals surface area contributed by atoms with Crippen LogP contribution in [-0.4, -0.2) is 22.0 Å². The topological polar surface area (TPSA) is 69.9 Å². The number of hydrogen-bond acceptors (Lipinski definition) is 3. The zero-order valence-electron chi connectivity index (χ0n) is 12.5. The largest absolute Gasteiger partial charge is 0.481 e. The van der Waals surface area contributed by atoms with Crippen LogP contribution in [0.25, 0.3) is 0 Å². The van der Waals surface area contributed by atoms with E-state index in [9.17, 15) is 4.79 Å². The third-order valence-electron chi connectivity index (χ3n) is 4.42. The fourth-order valence-corrected chi connectivity index (χ4v) is 2.97. The molecule has 0 saturated heterocycles. The Hall–Kier alpha value is -1.84. The van der Waals surface area contributed by atoms with Gasteiger partial charge in [-0.15, -0.1) is 0 Å². The molecule has 2 N–H and O–H groups in total. The maximum atomic E-state index is 11.0. The molecule has 1 fully saturated rings. The van der Waals surface area contributed by atoms with Gasteiger partial charge in [0.2, 0.25) is 0 Å². The first-order valence-corrected chi connectivity index (χ1v) is 7.64. The highest BCUT2D eigenvalue weighted by Gasteiger charge is 2.20. The molecule has 2 atom stereocenters. The summed E-state index contributed by atoms with van der Waals surface area (Å²) < 4.78 is 0. The van der Waals surface area contributed by atoms with Gasteiger partial charge in [0, 0.05) is 5.92 Å². The highest BCUT2D eigenvalue weighted by Crippen LogP contribution is 2.25. The predicted molar refractivity (Wildman–Crippen MR) is 82.0 cm³/mol. The van der Waals surface area contributed by atoms with Crippen LogP contribution in [0, 0.1) is 5.92 Å². The van der Waals surface area contributed by atoms with E-state index < -0.39 is 11.9 Å². The molecule has 1 aromatic carbocycles. The average Bonchev–Trinajstić information content (AvgIpc) is 2.72. The quantitative estimate of drug-likeness (QED) is 0.503. The standard InChI is InChI=1S/C17H23NO3/c1-12(17(19)20)14-9-7-13(8-10-14)11-15-5-3-2-4-6-16(15)18-21/h7-10,12,15,21H,2-6,11H2,1H3,(H,19,20)/b18-16-/t12-,15+/m1/s1. The van der Waals surface area contributed by atoms with E-state index >= 15 is 0 Å². The van der Waals surface area contributed by atoms with E-state index in [1.54, 1.807) is 6.92 Å². The van der Waals surface area contributed by atoms with E-state index in [2.05, 4.69) is 5.16 Å². The number of aliphatic carboxylic acids is 1. The van der Waals surface area contributed by atoms with Crippen LogP contribution in [-0.2, 0) is 11.2 Å². The Bertz CT molecular complexity index is 507. The highest BCUT2D eigenvalue weighted by molar-refractivity contribution is 5.86. The number of rotatable bonds is 4. The van der Waals surface area contributed by atoms with Gasteiger partial charge < -0.3 is 10.3 Å². The second kappa shape index (κ2) is 7.25. The van der Waals surface area contributed by atoms with Crippen molar-refractivity contribution in [1.29, 1.82) is 0 Å². The van der Waals surface area contributed by atoms with Gasteiger partial charge in [0.1, 0.15) is 0 Å². The van der Waals surface area contributed by atoms with Gasteiger partial charge in [-0.05, 0) is 43.7 Å². The van der Waals surface area contributed by atoms with Crippen LogP contribution in [0.1, 0.15) is 56.1 Å². The lowest BCUT2D eigenvalue weighted by Gasteiger charge is -2.16. The second-order valence-electron chi connectivity index (χ2n) is 5.89. The molecule has 0 bridgehead atoms. The number of nitrogens with zero attached hydrogens (tertiary/aromatic N) is 1. The minimum atomic E-state index is -0.804. The monoisotopic (exact) mass is 289 g/mol. The Morgan fingerprint density at radius 3 is 2.62 bits per heavy atom. The number of carbonyl (C=O) groups is 1. The molecule has 114 valence electrons. The third kappa shape index (κ3) is 4.06. The molecule has 4 heteroatoms. The first kappa shape index (κ1) is 15.5. The molecule has 4 nitrogen and oxygen atoms in total. The maximum Gasteiger partial charge on any atom is 0.310 e. The molecule has 1 aliphatic carbocycles. The maximum absolute atomic E-state index is 11.0. The summed E-state index contributed by atoms with van der Waals surface area (Å²) in [6.07, 6.45) is 6.29. The van der Waals surface area contributed by atoms with Gasteiger partial charge in [0.25, 0.3) is 0 Å². The molecule has 0 aliphatic heterocycles. The second-order valence-corrected chi connectivity index (χ2v) is 5.89. The van der Waals surface area contributed by atoms with Gasteiger partial charge in [-0.1, -0.05) is 42.3 Å². The van der Waals surface area contributed by atoms with Crippen molar-refractivity contribution >= 4 is 11.7 Å². The zero-order chi connectivity index (χ0) is 15.2. The van der Waals surface area contributed by atoms with E-state index in [1.807, 2.05) is 24.3 Å². The van der Waals surface area contributed by atoms with E-state index in [0.29, 0.717) is 5.92 Å². The van der Waals surface area contributed by atoms with Gasteiger partial charge in [-0.25, -0.2) is 0 Å². The molecule has 1 saturated carbocycles. The summed E-state index contributed by atoms with van der Waals surface area (Å²) in [5.41, 5.74) is 2.91. The third-order valence-corrected chi connectivity index (χ3v) is 4.42. The summed E-state index contributed by atoms with van der Waals surface area (Å²) in [5, 5.41) is 21.7. The van der Waals surface area contributed by atoms with Gasteiger partial charge in [-0.2, -0.15) is 0 Å². The van der Waals surface area contributed by atoms with Crippen molar-refractivity contribution in [1.82, 2.24) is 0 Å². The lowest BCUT2D eigenvalue weighted by Crippen LogP contribution is -2.16. The van der Waals surface area contributed by atoms with Gasteiger partial charge >= 0.3 is 5.97 Å². The smallest absolute Gasteiger partial charge is 0.310 e. The number of carboxylic acids is 1. The fraction of sp³-hybridized carbons (Fsp3) is 0.529. The summed E-state index contributed by atoms with van der Waals surface area (Å²) in [4.78, 5) is 11.0. The molecular weight excluding hydrogens is 266 g/mol. The van der Waals surface area contributed by atoms with E-state index in [4.69, 9.17) is 10.3 Å².